The van der Waals surface area contributed by atoms with Gasteiger partial charge in [0.15, 0.2) is 0 Å². The molecule has 0 unspecified atom stereocenters. The molecule has 0 aliphatic rings. The highest BCUT2D eigenvalue weighted by Gasteiger charge is 2.16. The summed E-state index contributed by atoms with van der Waals surface area (Å²) in [6.45, 7) is 0. The highest BCUT2D eigenvalue weighted by Crippen LogP contribution is 2.42. The third kappa shape index (κ3) is 3.35. The SMILES string of the molecule is O=[N+]([O-])c1ccc(-c2cc(O)cc(-c3ccccc3)c2-c2ccccc2)cc1. The lowest BCUT2D eigenvalue weighted by Gasteiger charge is -2.17. The molecule has 0 aliphatic heterocycles. The van der Waals surface area contributed by atoms with Crippen molar-refractivity contribution in [1.29, 1.82) is 0 Å². The number of hydrogen-bond acceptors (Lipinski definition) is 3. The van der Waals surface area contributed by atoms with E-state index in [0.29, 0.717) is 0 Å². The van der Waals surface area contributed by atoms with E-state index < -0.39 is 4.92 Å². The van der Waals surface area contributed by atoms with Crippen molar-refractivity contribution in [3.63, 3.8) is 0 Å². The Bertz CT molecular complexity index is 1120. The van der Waals surface area contributed by atoms with Crippen LogP contribution in [-0.4, -0.2) is 10.0 Å². The van der Waals surface area contributed by atoms with E-state index >= 15 is 0 Å². The van der Waals surface area contributed by atoms with E-state index in [4.69, 9.17) is 0 Å². The number of non-ortho nitro benzene ring substituents is 1. The van der Waals surface area contributed by atoms with E-state index in [0.717, 1.165) is 33.4 Å². The second kappa shape index (κ2) is 7.37. The van der Waals surface area contributed by atoms with Crippen molar-refractivity contribution in [2.75, 3.05) is 0 Å². The summed E-state index contributed by atoms with van der Waals surface area (Å²) in [4.78, 5) is 10.6. The summed E-state index contributed by atoms with van der Waals surface area (Å²) in [5, 5.41) is 21.4. The molecule has 0 saturated carbocycles. The number of nitro groups is 1. The van der Waals surface area contributed by atoms with Crippen molar-refractivity contribution in [2.45, 2.75) is 0 Å². The first-order chi connectivity index (χ1) is 13.6. The van der Waals surface area contributed by atoms with Crippen LogP contribution in [0.15, 0.2) is 97.1 Å². The standard InChI is InChI=1S/C24H17NO3/c26-21-15-22(17-7-3-1-4-8-17)24(19-9-5-2-6-10-19)23(16-21)18-11-13-20(14-12-18)25(27)28/h1-16,26H. The Morgan fingerprint density at radius 2 is 1.11 bits per heavy atom. The molecule has 4 aromatic rings. The fourth-order valence-electron chi connectivity index (χ4n) is 3.38. The van der Waals surface area contributed by atoms with Gasteiger partial charge >= 0.3 is 0 Å². The first-order valence-electron chi connectivity index (χ1n) is 8.86. The van der Waals surface area contributed by atoms with Crippen LogP contribution in [0, 0.1) is 10.1 Å². The van der Waals surface area contributed by atoms with Gasteiger partial charge in [-0.25, -0.2) is 0 Å². The average Bonchev–Trinajstić information content (AvgIpc) is 2.74. The van der Waals surface area contributed by atoms with Gasteiger partial charge in [0.1, 0.15) is 5.75 Å². The average molecular weight is 367 g/mol. The van der Waals surface area contributed by atoms with Crippen LogP contribution < -0.4 is 0 Å². The molecule has 136 valence electrons. The third-order valence-electron chi connectivity index (χ3n) is 4.66. The van der Waals surface area contributed by atoms with E-state index in [1.165, 1.54) is 12.1 Å². The fraction of sp³-hybridized carbons (Fsp3) is 0. The highest BCUT2D eigenvalue weighted by atomic mass is 16.6. The van der Waals surface area contributed by atoms with Crippen molar-refractivity contribution in [3.05, 3.63) is 107 Å². The number of benzene rings is 4. The van der Waals surface area contributed by atoms with Crippen molar-refractivity contribution in [2.24, 2.45) is 0 Å². The highest BCUT2D eigenvalue weighted by molar-refractivity contribution is 5.95. The Morgan fingerprint density at radius 1 is 0.643 bits per heavy atom. The Kier molecular flexibility index (Phi) is 4.60. The minimum absolute atomic E-state index is 0.0356. The van der Waals surface area contributed by atoms with Gasteiger partial charge in [0.05, 0.1) is 4.92 Å². The number of hydrogen-bond donors (Lipinski definition) is 1. The maximum atomic E-state index is 11.0. The lowest BCUT2D eigenvalue weighted by atomic mass is 9.87. The molecule has 4 rings (SSSR count). The molecular formula is C24H17NO3. The Hall–Kier alpha value is -3.92. The second-order valence-corrected chi connectivity index (χ2v) is 6.45. The molecule has 0 aromatic heterocycles. The Balaban J connectivity index is 2.00. The zero-order chi connectivity index (χ0) is 19.5. The predicted octanol–water partition coefficient (Wildman–Crippen LogP) is 6.30. The van der Waals surface area contributed by atoms with E-state index in [-0.39, 0.29) is 11.4 Å². The van der Waals surface area contributed by atoms with Gasteiger partial charge < -0.3 is 5.11 Å². The van der Waals surface area contributed by atoms with Crippen molar-refractivity contribution < 1.29 is 10.0 Å². The second-order valence-electron chi connectivity index (χ2n) is 6.45. The summed E-state index contributed by atoms with van der Waals surface area (Å²) in [5.74, 6) is 0.145. The molecule has 4 aromatic carbocycles. The van der Waals surface area contributed by atoms with Crippen LogP contribution in [0.2, 0.25) is 0 Å². The lowest BCUT2D eigenvalue weighted by Crippen LogP contribution is -1.92. The Morgan fingerprint density at radius 3 is 1.61 bits per heavy atom. The topological polar surface area (TPSA) is 63.4 Å². The molecule has 0 bridgehead atoms. The number of rotatable bonds is 4. The van der Waals surface area contributed by atoms with Crippen LogP contribution in [0.1, 0.15) is 0 Å². The summed E-state index contributed by atoms with van der Waals surface area (Å²) in [7, 11) is 0. The van der Waals surface area contributed by atoms with Gasteiger partial charge in [0.2, 0.25) is 0 Å². The number of phenols is 1. The van der Waals surface area contributed by atoms with Crippen LogP contribution in [0.4, 0.5) is 5.69 Å². The summed E-state index contributed by atoms with van der Waals surface area (Å²) in [6, 6.07) is 29.7. The molecule has 0 radical (unpaired) electrons. The number of phenolic OH excluding ortho intramolecular Hbond substituents is 1. The zero-order valence-electron chi connectivity index (χ0n) is 14.9. The van der Waals surface area contributed by atoms with Crippen LogP contribution in [0.5, 0.6) is 5.75 Å². The molecule has 0 atom stereocenters. The fourth-order valence-corrected chi connectivity index (χ4v) is 3.38. The number of nitrogens with zero attached hydrogens (tertiary/aromatic N) is 1. The van der Waals surface area contributed by atoms with Crippen LogP contribution >= 0.6 is 0 Å². The summed E-state index contributed by atoms with van der Waals surface area (Å²) >= 11 is 0. The van der Waals surface area contributed by atoms with E-state index in [1.807, 2.05) is 60.7 Å². The predicted molar refractivity (Wildman–Crippen MR) is 111 cm³/mol. The first-order valence-corrected chi connectivity index (χ1v) is 8.86. The van der Waals surface area contributed by atoms with E-state index in [2.05, 4.69) is 0 Å². The zero-order valence-corrected chi connectivity index (χ0v) is 14.9. The van der Waals surface area contributed by atoms with Crippen molar-refractivity contribution in [1.82, 2.24) is 0 Å². The minimum atomic E-state index is -0.417. The molecule has 0 amide bonds. The molecule has 0 fully saturated rings. The summed E-state index contributed by atoms with van der Waals surface area (Å²) in [5.41, 5.74) is 5.53. The van der Waals surface area contributed by atoms with Crippen LogP contribution in [-0.2, 0) is 0 Å². The molecule has 4 heteroatoms. The van der Waals surface area contributed by atoms with Gasteiger partial charge in [-0.2, -0.15) is 0 Å². The van der Waals surface area contributed by atoms with Gasteiger partial charge in [-0.05, 0) is 57.6 Å². The van der Waals surface area contributed by atoms with Gasteiger partial charge in [-0.1, -0.05) is 60.7 Å². The summed E-state index contributed by atoms with van der Waals surface area (Å²) in [6.07, 6.45) is 0. The normalized spacial score (nSPS) is 10.6. The molecular weight excluding hydrogens is 350 g/mol. The molecule has 4 nitrogen and oxygen atoms in total. The number of aromatic hydroxyl groups is 1. The molecule has 0 spiro atoms. The maximum absolute atomic E-state index is 11.0. The van der Waals surface area contributed by atoms with E-state index in [1.54, 1.807) is 24.3 Å². The van der Waals surface area contributed by atoms with E-state index in [9.17, 15) is 15.2 Å². The van der Waals surface area contributed by atoms with Gasteiger partial charge in [-0.15, -0.1) is 0 Å². The molecule has 1 N–H and O–H groups in total. The lowest BCUT2D eigenvalue weighted by molar-refractivity contribution is -0.384. The smallest absolute Gasteiger partial charge is 0.269 e. The van der Waals surface area contributed by atoms with Gasteiger partial charge in [-0.3, -0.25) is 10.1 Å². The molecule has 0 saturated heterocycles. The van der Waals surface area contributed by atoms with Crippen molar-refractivity contribution >= 4 is 5.69 Å². The number of nitro benzene ring substituents is 1. The van der Waals surface area contributed by atoms with Gasteiger partial charge in [0.25, 0.3) is 5.69 Å². The van der Waals surface area contributed by atoms with Crippen LogP contribution in [0.25, 0.3) is 33.4 Å². The minimum Gasteiger partial charge on any atom is -0.508 e. The van der Waals surface area contributed by atoms with Crippen LogP contribution in [0.3, 0.4) is 0 Å². The monoisotopic (exact) mass is 367 g/mol. The molecule has 28 heavy (non-hydrogen) atoms. The first kappa shape index (κ1) is 17.5. The molecule has 0 heterocycles. The van der Waals surface area contributed by atoms with Crippen molar-refractivity contribution in [3.8, 4) is 39.1 Å². The quantitative estimate of drug-likeness (QED) is 0.340. The Labute approximate surface area is 162 Å². The third-order valence-corrected chi connectivity index (χ3v) is 4.66. The van der Waals surface area contributed by atoms with Gasteiger partial charge in [0, 0.05) is 12.1 Å². The molecule has 0 aliphatic carbocycles. The maximum Gasteiger partial charge on any atom is 0.269 e. The summed E-state index contributed by atoms with van der Waals surface area (Å²) < 4.78 is 0. The largest absolute Gasteiger partial charge is 0.508 e.